The van der Waals surface area contributed by atoms with Crippen LogP contribution in [0.1, 0.15) is 19.8 Å². The highest BCUT2D eigenvalue weighted by Crippen LogP contribution is 2.42. The van der Waals surface area contributed by atoms with E-state index in [-0.39, 0.29) is 5.91 Å². The van der Waals surface area contributed by atoms with Crippen molar-refractivity contribution in [3.8, 4) is 0 Å². The lowest BCUT2D eigenvalue weighted by Gasteiger charge is -2.20. The lowest BCUT2D eigenvalue weighted by molar-refractivity contribution is -0.127. The lowest BCUT2D eigenvalue weighted by atomic mass is 9.95. The fraction of sp³-hybridized carbons (Fsp3) is 0.700. The summed E-state index contributed by atoms with van der Waals surface area (Å²) in [5, 5.41) is 9.54. The summed E-state index contributed by atoms with van der Waals surface area (Å²) in [4.78, 5) is 16.9. The van der Waals surface area contributed by atoms with Crippen molar-refractivity contribution in [2.75, 3.05) is 14.2 Å². The van der Waals surface area contributed by atoms with Gasteiger partial charge in [-0.1, -0.05) is 21.1 Å². The zero-order valence-corrected chi connectivity index (χ0v) is 11.1. The fourth-order valence-corrected chi connectivity index (χ4v) is 2.60. The van der Waals surface area contributed by atoms with E-state index < -0.39 is 4.32 Å². The minimum Gasteiger partial charge on any atom is -0.399 e. The molecule has 1 saturated carbocycles. The summed E-state index contributed by atoms with van der Waals surface area (Å²) in [5.41, 5.74) is 1.45. The van der Waals surface area contributed by atoms with Crippen molar-refractivity contribution in [2.24, 2.45) is 16.2 Å². The molecule has 2 aliphatic rings. The summed E-state index contributed by atoms with van der Waals surface area (Å²) in [6.45, 7) is 1.77. The number of rotatable bonds is 3. The molecule has 1 atom stereocenters. The zero-order chi connectivity index (χ0) is 11.9. The van der Waals surface area contributed by atoms with E-state index in [9.17, 15) is 4.79 Å². The van der Waals surface area contributed by atoms with Crippen LogP contribution in [0.2, 0.25) is 0 Å². The second-order valence-corrected chi connectivity index (χ2v) is 5.30. The summed E-state index contributed by atoms with van der Waals surface area (Å²) < 4.78 is -0.890. The maximum Gasteiger partial charge on any atom is 0.271 e. The molecule has 1 unspecified atom stereocenters. The SMILES string of the molecule is CO/N=C(\C)C1(Br)C(=O)N(C)N=C1C1CC1. The number of hydrazone groups is 1. The molecule has 0 aromatic carbocycles. The van der Waals surface area contributed by atoms with E-state index in [1.807, 2.05) is 0 Å². The Balaban J connectivity index is 2.40. The van der Waals surface area contributed by atoms with Crippen molar-refractivity contribution >= 4 is 33.3 Å². The van der Waals surface area contributed by atoms with Gasteiger partial charge in [0.15, 0.2) is 4.32 Å². The minimum atomic E-state index is -0.890. The van der Waals surface area contributed by atoms with Crippen LogP contribution in [-0.4, -0.2) is 40.8 Å². The number of carbonyl (C=O) groups excluding carboxylic acids is 1. The summed E-state index contributed by atoms with van der Waals surface area (Å²) >= 11 is 3.49. The van der Waals surface area contributed by atoms with Crippen molar-refractivity contribution in [3.05, 3.63) is 0 Å². The Bertz CT molecular complexity index is 390. The number of amides is 1. The number of hydrogen-bond donors (Lipinski definition) is 0. The first-order valence-corrected chi connectivity index (χ1v) is 5.95. The topological polar surface area (TPSA) is 54.3 Å². The number of oxime groups is 1. The number of hydrogen-bond acceptors (Lipinski definition) is 4. The van der Waals surface area contributed by atoms with Gasteiger partial charge in [-0.15, -0.1) is 0 Å². The first kappa shape index (κ1) is 11.6. The predicted molar refractivity (Wildman–Crippen MR) is 64.7 cm³/mol. The van der Waals surface area contributed by atoms with Crippen LogP contribution in [0.15, 0.2) is 10.3 Å². The second kappa shape index (κ2) is 3.84. The van der Waals surface area contributed by atoms with Crippen LogP contribution >= 0.6 is 15.9 Å². The number of alkyl halides is 1. The van der Waals surface area contributed by atoms with Gasteiger partial charge in [-0.2, -0.15) is 5.10 Å². The molecule has 5 nitrogen and oxygen atoms in total. The number of carbonyl (C=O) groups is 1. The maximum absolute atomic E-state index is 12.1. The monoisotopic (exact) mass is 287 g/mol. The molecule has 1 aliphatic carbocycles. The first-order chi connectivity index (χ1) is 7.51. The van der Waals surface area contributed by atoms with Gasteiger partial charge in [-0.25, -0.2) is 5.01 Å². The van der Waals surface area contributed by atoms with Crippen molar-refractivity contribution in [1.29, 1.82) is 0 Å². The molecule has 0 N–H and O–H groups in total. The third-order valence-electron chi connectivity index (χ3n) is 2.89. The summed E-state index contributed by atoms with van der Waals surface area (Å²) in [5.74, 6) is 0.294. The fourth-order valence-electron chi connectivity index (χ4n) is 1.87. The molecule has 0 radical (unpaired) electrons. The van der Waals surface area contributed by atoms with Gasteiger partial charge in [0.25, 0.3) is 5.91 Å². The quantitative estimate of drug-likeness (QED) is 0.447. The van der Waals surface area contributed by atoms with E-state index in [0.717, 1.165) is 18.6 Å². The Morgan fingerprint density at radius 2 is 2.31 bits per heavy atom. The van der Waals surface area contributed by atoms with Crippen LogP contribution in [-0.2, 0) is 9.63 Å². The highest BCUT2D eigenvalue weighted by Gasteiger charge is 2.55. The summed E-state index contributed by atoms with van der Waals surface area (Å²) in [6, 6.07) is 0. The Labute approximate surface area is 103 Å². The molecule has 0 saturated heterocycles. The van der Waals surface area contributed by atoms with Gasteiger partial charge in [0.05, 0.1) is 11.4 Å². The van der Waals surface area contributed by atoms with Gasteiger partial charge >= 0.3 is 0 Å². The van der Waals surface area contributed by atoms with E-state index in [1.165, 1.54) is 12.1 Å². The molecule has 2 rings (SSSR count). The summed E-state index contributed by atoms with van der Waals surface area (Å²) in [6.07, 6.45) is 2.18. The second-order valence-electron chi connectivity index (χ2n) is 4.11. The first-order valence-electron chi connectivity index (χ1n) is 5.16. The van der Waals surface area contributed by atoms with Gasteiger partial charge in [0.2, 0.25) is 0 Å². The largest absolute Gasteiger partial charge is 0.399 e. The van der Waals surface area contributed by atoms with Crippen molar-refractivity contribution in [2.45, 2.75) is 24.1 Å². The molecule has 0 spiro atoms. The highest BCUT2D eigenvalue weighted by atomic mass is 79.9. The van der Waals surface area contributed by atoms with Crippen molar-refractivity contribution < 1.29 is 9.63 Å². The molecule has 6 heteroatoms. The molecule has 88 valence electrons. The smallest absolute Gasteiger partial charge is 0.271 e. The molecular formula is C10H14BrN3O2. The number of halogens is 1. The molecule has 0 aromatic rings. The van der Waals surface area contributed by atoms with Gasteiger partial charge in [-0.3, -0.25) is 4.79 Å². The Hall–Kier alpha value is -0.910. The van der Waals surface area contributed by atoms with E-state index in [0.29, 0.717) is 11.6 Å². The molecule has 1 aliphatic heterocycles. The zero-order valence-electron chi connectivity index (χ0n) is 9.53. The van der Waals surface area contributed by atoms with E-state index >= 15 is 0 Å². The molecule has 1 amide bonds. The van der Waals surface area contributed by atoms with E-state index in [1.54, 1.807) is 14.0 Å². The molecule has 0 bridgehead atoms. The van der Waals surface area contributed by atoms with Crippen LogP contribution in [0.4, 0.5) is 0 Å². The third kappa shape index (κ3) is 1.55. The van der Waals surface area contributed by atoms with Gasteiger partial charge in [0.1, 0.15) is 7.11 Å². The van der Waals surface area contributed by atoms with Crippen LogP contribution in [0.3, 0.4) is 0 Å². The molecule has 0 aromatic heterocycles. The standard InChI is InChI=1S/C10H14BrN3O2/c1-6(13-16-3)10(11)8(7-4-5-7)12-14(2)9(10)15/h7H,4-5H2,1-3H3/b13-6+. The van der Waals surface area contributed by atoms with Crippen molar-refractivity contribution in [3.63, 3.8) is 0 Å². The predicted octanol–water partition coefficient (Wildman–Crippen LogP) is 1.38. The third-order valence-corrected chi connectivity index (χ3v) is 4.21. The normalized spacial score (nSPS) is 30.8. The molecule has 16 heavy (non-hydrogen) atoms. The highest BCUT2D eigenvalue weighted by molar-refractivity contribution is 9.11. The van der Waals surface area contributed by atoms with Crippen LogP contribution in [0, 0.1) is 5.92 Å². The van der Waals surface area contributed by atoms with Gasteiger partial charge < -0.3 is 4.84 Å². The number of nitrogens with zero attached hydrogens (tertiary/aromatic N) is 3. The Kier molecular flexibility index (Phi) is 2.77. The Morgan fingerprint density at radius 1 is 1.69 bits per heavy atom. The van der Waals surface area contributed by atoms with Crippen LogP contribution in [0.25, 0.3) is 0 Å². The van der Waals surface area contributed by atoms with Gasteiger partial charge in [0, 0.05) is 13.0 Å². The molecular weight excluding hydrogens is 274 g/mol. The average Bonchev–Trinajstić information content (AvgIpc) is 3.04. The molecule has 1 heterocycles. The summed E-state index contributed by atoms with van der Waals surface area (Å²) in [7, 11) is 3.13. The van der Waals surface area contributed by atoms with E-state index in [2.05, 4.69) is 26.2 Å². The minimum absolute atomic E-state index is 0.104. The molecule has 1 fully saturated rings. The van der Waals surface area contributed by atoms with E-state index in [4.69, 9.17) is 4.84 Å². The van der Waals surface area contributed by atoms with Crippen molar-refractivity contribution in [1.82, 2.24) is 5.01 Å². The average molecular weight is 288 g/mol. The Morgan fingerprint density at radius 3 is 2.81 bits per heavy atom. The van der Waals surface area contributed by atoms with Gasteiger partial charge in [-0.05, 0) is 19.8 Å². The lowest BCUT2D eigenvalue weighted by Crippen LogP contribution is -2.46. The maximum atomic E-state index is 12.1. The van der Waals surface area contributed by atoms with Crippen LogP contribution in [0.5, 0.6) is 0 Å². The van der Waals surface area contributed by atoms with Crippen LogP contribution < -0.4 is 0 Å².